The fraction of sp³-hybridized carbons (Fsp3) is 0.118. The standard InChI is InChI=1S/C17H17N3O2S/c1-11-5-2-3-6-12(11)10-15(21)20-17(23)19-14-8-4-7-13(9-14)16(18)22/h2-9H,10H2,1H3,(H2,18,22)(H2,19,20,21,23). The van der Waals surface area contributed by atoms with Crippen molar-refractivity contribution in [3.8, 4) is 0 Å². The number of rotatable bonds is 4. The van der Waals surface area contributed by atoms with E-state index in [1.165, 1.54) is 0 Å². The minimum Gasteiger partial charge on any atom is -0.366 e. The molecule has 0 aliphatic heterocycles. The van der Waals surface area contributed by atoms with Gasteiger partial charge in [-0.1, -0.05) is 30.3 Å². The molecule has 4 N–H and O–H groups in total. The fourth-order valence-corrected chi connectivity index (χ4v) is 2.30. The molecule has 0 saturated heterocycles. The van der Waals surface area contributed by atoms with Gasteiger partial charge in [-0.15, -0.1) is 0 Å². The third-order valence-electron chi connectivity index (χ3n) is 3.27. The van der Waals surface area contributed by atoms with Gasteiger partial charge in [0.25, 0.3) is 0 Å². The van der Waals surface area contributed by atoms with E-state index in [2.05, 4.69) is 10.6 Å². The maximum atomic E-state index is 12.0. The molecule has 0 saturated carbocycles. The van der Waals surface area contributed by atoms with Crippen molar-refractivity contribution < 1.29 is 9.59 Å². The number of thiocarbonyl (C=S) groups is 1. The van der Waals surface area contributed by atoms with Gasteiger partial charge in [-0.2, -0.15) is 0 Å². The Bertz CT molecular complexity index is 759. The molecule has 0 spiro atoms. The van der Waals surface area contributed by atoms with Crippen molar-refractivity contribution in [3.05, 3.63) is 65.2 Å². The molecule has 2 amide bonds. The molecule has 23 heavy (non-hydrogen) atoms. The predicted molar refractivity (Wildman–Crippen MR) is 94.2 cm³/mol. The molecule has 2 aromatic rings. The van der Waals surface area contributed by atoms with E-state index in [9.17, 15) is 9.59 Å². The van der Waals surface area contributed by atoms with E-state index in [1.54, 1.807) is 24.3 Å². The maximum absolute atomic E-state index is 12.0. The number of hydrogen-bond donors (Lipinski definition) is 3. The number of carbonyl (C=O) groups excluding carboxylic acids is 2. The van der Waals surface area contributed by atoms with E-state index < -0.39 is 5.91 Å². The zero-order valence-corrected chi connectivity index (χ0v) is 13.4. The van der Waals surface area contributed by atoms with Gasteiger partial charge in [0.15, 0.2) is 5.11 Å². The summed E-state index contributed by atoms with van der Waals surface area (Å²) in [7, 11) is 0. The topological polar surface area (TPSA) is 84.2 Å². The Balaban J connectivity index is 1.94. The Labute approximate surface area is 139 Å². The number of nitrogens with two attached hydrogens (primary N) is 1. The lowest BCUT2D eigenvalue weighted by molar-refractivity contribution is -0.119. The second-order valence-electron chi connectivity index (χ2n) is 5.05. The SMILES string of the molecule is Cc1ccccc1CC(=O)NC(=S)Nc1cccc(C(N)=O)c1. The van der Waals surface area contributed by atoms with Crippen molar-refractivity contribution in [1.82, 2.24) is 5.32 Å². The van der Waals surface area contributed by atoms with Gasteiger partial charge in [0, 0.05) is 11.3 Å². The van der Waals surface area contributed by atoms with Gasteiger partial charge in [-0.05, 0) is 48.5 Å². The van der Waals surface area contributed by atoms with Crippen molar-refractivity contribution in [2.75, 3.05) is 5.32 Å². The minimum atomic E-state index is -0.525. The molecule has 0 bridgehead atoms. The van der Waals surface area contributed by atoms with E-state index in [0.717, 1.165) is 11.1 Å². The minimum absolute atomic E-state index is 0.171. The smallest absolute Gasteiger partial charge is 0.248 e. The average Bonchev–Trinajstić information content (AvgIpc) is 2.49. The Morgan fingerprint density at radius 3 is 2.57 bits per heavy atom. The van der Waals surface area contributed by atoms with Gasteiger partial charge in [-0.3, -0.25) is 9.59 Å². The third-order valence-corrected chi connectivity index (χ3v) is 3.47. The second kappa shape index (κ2) is 7.51. The van der Waals surface area contributed by atoms with Crippen molar-refractivity contribution in [3.63, 3.8) is 0 Å². The first kappa shape index (κ1) is 16.6. The first-order chi connectivity index (χ1) is 11.0. The summed E-state index contributed by atoms with van der Waals surface area (Å²) in [6.45, 7) is 1.95. The summed E-state index contributed by atoms with van der Waals surface area (Å²) in [5, 5.41) is 5.65. The molecule has 118 valence electrons. The highest BCUT2D eigenvalue weighted by atomic mass is 32.1. The molecule has 0 fully saturated rings. The summed E-state index contributed by atoms with van der Waals surface area (Å²) in [5.41, 5.74) is 8.17. The number of aryl methyl sites for hydroxylation is 1. The highest BCUT2D eigenvalue weighted by Crippen LogP contribution is 2.10. The maximum Gasteiger partial charge on any atom is 0.248 e. The molecule has 0 unspecified atom stereocenters. The number of carbonyl (C=O) groups is 2. The van der Waals surface area contributed by atoms with Crippen LogP contribution >= 0.6 is 12.2 Å². The number of benzene rings is 2. The van der Waals surface area contributed by atoms with Gasteiger partial charge in [-0.25, -0.2) is 0 Å². The van der Waals surface area contributed by atoms with Crippen molar-refractivity contribution in [2.45, 2.75) is 13.3 Å². The zero-order valence-electron chi connectivity index (χ0n) is 12.6. The summed E-state index contributed by atoms with van der Waals surface area (Å²) < 4.78 is 0. The van der Waals surface area contributed by atoms with Crippen molar-refractivity contribution in [1.29, 1.82) is 0 Å². The molecular formula is C17H17N3O2S. The van der Waals surface area contributed by atoms with E-state index in [1.807, 2.05) is 31.2 Å². The van der Waals surface area contributed by atoms with Crippen LogP contribution in [0.25, 0.3) is 0 Å². The number of primary amides is 1. The molecule has 0 atom stereocenters. The second-order valence-corrected chi connectivity index (χ2v) is 5.46. The fourth-order valence-electron chi connectivity index (χ4n) is 2.06. The van der Waals surface area contributed by atoms with Crippen LogP contribution in [-0.2, 0) is 11.2 Å². The molecule has 0 heterocycles. The normalized spacial score (nSPS) is 9.96. The Kier molecular flexibility index (Phi) is 5.43. The number of nitrogens with one attached hydrogen (secondary N) is 2. The molecule has 0 aromatic heterocycles. The van der Waals surface area contributed by atoms with E-state index >= 15 is 0 Å². The van der Waals surface area contributed by atoms with Crippen LogP contribution in [-0.4, -0.2) is 16.9 Å². The largest absolute Gasteiger partial charge is 0.366 e. The Morgan fingerprint density at radius 1 is 1.13 bits per heavy atom. The van der Waals surface area contributed by atoms with Crippen molar-refractivity contribution in [2.24, 2.45) is 5.73 Å². The molecular weight excluding hydrogens is 310 g/mol. The molecule has 0 radical (unpaired) electrons. The number of anilines is 1. The van der Waals surface area contributed by atoms with Gasteiger partial charge in [0.2, 0.25) is 11.8 Å². The molecule has 0 aliphatic rings. The Morgan fingerprint density at radius 2 is 1.87 bits per heavy atom. The number of amides is 2. The Hall–Kier alpha value is -2.73. The summed E-state index contributed by atoms with van der Waals surface area (Å²) in [5.74, 6) is -0.731. The van der Waals surface area contributed by atoms with Gasteiger partial charge in [0.1, 0.15) is 0 Å². The van der Waals surface area contributed by atoms with Gasteiger partial charge in [0.05, 0.1) is 6.42 Å². The average molecular weight is 327 g/mol. The van der Waals surface area contributed by atoms with Crippen LogP contribution in [0.4, 0.5) is 5.69 Å². The first-order valence-electron chi connectivity index (χ1n) is 7.01. The van der Waals surface area contributed by atoms with Crippen LogP contribution in [0.15, 0.2) is 48.5 Å². The summed E-state index contributed by atoms with van der Waals surface area (Å²) >= 11 is 5.11. The highest BCUT2D eigenvalue weighted by Gasteiger charge is 2.08. The predicted octanol–water partition coefficient (Wildman–Crippen LogP) is 2.15. The van der Waals surface area contributed by atoms with Gasteiger partial charge >= 0.3 is 0 Å². The monoisotopic (exact) mass is 327 g/mol. The quantitative estimate of drug-likeness (QED) is 0.751. The number of hydrogen-bond acceptors (Lipinski definition) is 3. The lowest BCUT2D eigenvalue weighted by Crippen LogP contribution is -2.35. The summed E-state index contributed by atoms with van der Waals surface area (Å²) in [6.07, 6.45) is 0.246. The van der Waals surface area contributed by atoms with Crippen LogP contribution in [0.1, 0.15) is 21.5 Å². The van der Waals surface area contributed by atoms with E-state index in [-0.39, 0.29) is 17.4 Å². The third kappa shape index (κ3) is 4.89. The lowest BCUT2D eigenvalue weighted by Gasteiger charge is -2.11. The van der Waals surface area contributed by atoms with Crippen LogP contribution in [0, 0.1) is 6.92 Å². The lowest BCUT2D eigenvalue weighted by atomic mass is 10.1. The van der Waals surface area contributed by atoms with Crippen LogP contribution in [0.2, 0.25) is 0 Å². The van der Waals surface area contributed by atoms with Crippen LogP contribution < -0.4 is 16.4 Å². The molecule has 0 aliphatic carbocycles. The molecule has 2 rings (SSSR count). The molecule has 6 heteroatoms. The van der Waals surface area contributed by atoms with E-state index in [4.69, 9.17) is 18.0 Å². The van der Waals surface area contributed by atoms with Crippen LogP contribution in [0.3, 0.4) is 0 Å². The van der Waals surface area contributed by atoms with Crippen LogP contribution in [0.5, 0.6) is 0 Å². The van der Waals surface area contributed by atoms with Gasteiger partial charge < -0.3 is 16.4 Å². The summed E-state index contributed by atoms with van der Waals surface area (Å²) in [6, 6.07) is 14.3. The first-order valence-corrected chi connectivity index (χ1v) is 7.42. The summed E-state index contributed by atoms with van der Waals surface area (Å²) in [4.78, 5) is 23.2. The molecule has 5 nitrogen and oxygen atoms in total. The van der Waals surface area contributed by atoms with E-state index in [0.29, 0.717) is 11.3 Å². The highest BCUT2D eigenvalue weighted by molar-refractivity contribution is 7.80. The molecule has 2 aromatic carbocycles. The van der Waals surface area contributed by atoms with Crippen molar-refractivity contribution >= 4 is 34.8 Å². The zero-order chi connectivity index (χ0) is 16.8.